The van der Waals surface area contributed by atoms with Crippen LogP contribution < -0.4 is 5.32 Å². The molecule has 0 aromatic carbocycles. The zero-order valence-corrected chi connectivity index (χ0v) is 13.5. The molecule has 1 N–H and O–H groups in total. The number of aromatic nitrogens is 4. The molecule has 3 aromatic heterocycles. The van der Waals surface area contributed by atoms with Crippen molar-refractivity contribution in [3.63, 3.8) is 0 Å². The van der Waals surface area contributed by atoms with E-state index in [1.165, 1.54) is 6.20 Å². The maximum Gasteiger partial charge on any atom is 0.276 e. The summed E-state index contributed by atoms with van der Waals surface area (Å²) in [4.78, 5) is 20.3. The van der Waals surface area contributed by atoms with Gasteiger partial charge in [-0.25, -0.2) is 4.39 Å². The van der Waals surface area contributed by atoms with E-state index in [-0.39, 0.29) is 11.4 Å². The van der Waals surface area contributed by atoms with Crippen LogP contribution in [0.5, 0.6) is 0 Å². The lowest BCUT2D eigenvalue weighted by Crippen LogP contribution is -2.15. The molecule has 1 amide bonds. The summed E-state index contributed by atoms with van der Waals surface area (Å²) in [7, 11) is 1.75. The molecule has 3 heterocycles. The van der Waals surface area contributed by atoms with Crippen LogP contribution in [0.2, 0.25) is 0 Å². The average molecular weight is 325 g/mol. The van der Waals surface area contributed by atoms with Gasteiger partial charge in [-0.3, -0.25) is 19.4 Å². The molecule has 0 radical (unpaired) electrons. The molecule has 0 saturated carbocycles. The fourth-order valence-electron chi connectivity index (χ4n) is 2.43. The Hall–Kier alpha value is -3.09. The van der Waals surface area contributed by atoms with Crippen molar-refractivity contribution in [3.8, 4) is 11.3 Å². The van der Waals surface area contributed by atoms with E-state index in [4.69, 9.17) is 0 Å². The zero-order chi connectivity index (χ0) is 17.3. The van der Waals surface area contributed by atoms with Gasteiger partial charge in [0.1, 0.15) is 0 Å². The summed E-state index contributed by atoms with van der Waals surface area (Å²) in [6, 6.07) is 3.55. The van der Waals surface area contributed by atoms with Crippen molar-refractivity contribution in [3.05, 3.63) is 59.6 Å². The number of anilines is 1. The molecular weight excluding hydrogens is 309 g/mol. The largest absolute Gasteiger partial charge is 0.318 e. The minimum absolute atomic E-state index is 0.111. The molecule has 0 unspecified atom stereocenters. The standard InChI is InChI=1S/C17H16FN5O/c1-10-4-5-19-8-12(10)15-6-14(22-23(15)3)17(24)21-16-11(2)7-20-9-13(16)18/h4-9H,1-3H3,(H,20,21,24). The van der Waals surface area contributed by atoms with Crippen LogP contribution in [0.1, 0.15) is 21.6 Å². The Morgan fingerprint density at radius 3 is 2.67 bits per heavy atom. The van der Waals surface area contributed by atoms with E-state index in [2.05, 4.69) is 20.4 Å². The molecule has 122 valence electrons. The van der Waals surface area contributed by atoms with Gasteiger partial charge in [0, 0.05) is 31.2 Å². The monoisotopic (exact) mass is 325 g/mol. The van der Waals surface area contributed by atoms with E-state index < -0.39 is 11.7 Å². The van der Waals surface area contributed by atoms with E-state index in [0.29, 0.717) is 5.56 Å². The number of hydrogen-bond donors (Lipinski definition) is 1. The first kappa shape index (κ1) is 15.8. The van der Waals surface area contributed by atoms with Crippen molar-refractivity contribution in [1.29, 1.82) is 0 Å². The molecule has 0 bridgehead atoms. The van der Waals surface area contributed by atoms with Crippen LogP contribution in [0.3, 0.4) is 0 Å². The van der Waals surface area contributed by atoms with Crippen molar-refractivity contribution < 1.29 is 9.18 Å². The van der Waals surface area contributed by atoms with Crippen LogP contribution in [0, 0.1) is 19.7 Å². The van der Waals surface area contributed by atoms with Crippen LogP contribution in [-0.2, 0) is 7.05 Å². The Balaban J connectivity index is 1.93. The smallest absolute Gasteiger partial charge is 0.276 e. The van der Waals surface area contributed by atoms with Crippen LogP contribution in [-0.4, -0.2) is 25.7 Å². The summed E-state index contributed by atoms with van der Waals surface area (Å²) >= 11 is 0. The third-order valence-electron chi connectivity index (χ3n) is 3.76. The van der Waals surface area contributed by atoms with E-state index in [9.17, 15) is 9.18 Å². The maximum absolute atomic E-state index is 13.8. The van der Waals surface area contributed by atoms with Crippen LogP contribution in [0.25, 0.3) is 11.3 Å². The van der Waals surface area contributed by atoms with Crippen molar-refractivity contribution in [2.24, 2.45) is 7.05 Å². The summed E-state index contributed by atoms with van der Waals surface area (Å²) in [5.41, 5.74) is 3.53. The minimum Gasteiger partial charge on any atom is -0.318 e. The minimum atomic E-state index is -0.581. The lowest BCUT2D eigenvalue weighted by Gasteiger charge is -2.07. The highest BCUT2D eigenvalue weighted by Crippen LogP contribution is 2.23. The molecule has 3 rings (SSSR count). The predicted octanol–water partition coefficient (Wildman–Crippen LogP) is 2.89. The molecule has 0 saturated heterocycles. The van der Waals surface area contributed by atoms with Gasteiger partial charge in [0.15, 0.2) is 11.5 Å². The Kier molecular flexibility index (Phi) is 4.07. The third kappa shape index (κ3) is 2.88. The molecule has 0 aliphatic heterocycles. The number of aryl methyl sites for hydroxylation is 3. The topological polar surface area (TPSA) is 72.7 Å². The average Bonchev–Trinajstić information content (AvgIpc) is 2.93. The molecule has 3 aromatic rings. The molecule has 0 aliphatic carbocycles. The number of carbonyl (C=O) groups excluding carboxylic acids is 1. The SMILES string of the molecule is Cc1ccncc1-c1cc(C(=O)Nc2c(C)cncc2F)nn1C. The summed E-state index contributed by atoms with van der Waals surface area (Å²) in [5, 5.41) is 6.78. The number of halogens is 1. The number of nitrogens with one attached hydrogen (secondary N) is 1. The van der Waals surface area contributed by atoms with Crippen molar-refractivity contribution in [2.45, 2.75) is 13.8 Å². The van der Waals surface area contributed by atoms with Gasteiger partial charge in [-0.15, -0.1) is 0 Å². The quantitative estimate of drug-likeness (QED) is 0.803. The van der Waals surface area contributed by atoms with Gasteiger partial charge >= 0.3 is 0 Å². The molecule has 0 spiro atoms. The van der Waals surface area contributed by atoms with Crippen LogP contribution in [0.15, 0.2) is 36.9 Å². The summed E-state index contributed by atoms with van der Waals surface area (Å²) < 4.78 is 15.4. The first-order valence-corrected chi connectivity index (χ1v) is 7.34. The molecule has 24 heavy (non-hydrogen) atoms. The van der Waals surface area contributed by atoms with Gasteiger partial charge in [-0.05, 0) is 37.1 Å². The highest BCUT2D eigenvalue weighted by atomic mass is 19.1. The van der Waals surface area contributed by atoms with Gasteiger partial charge in [-0.1, -0.05) is 0 Å². The molecule has 7 heteroatoms. The predicted molar refractivity (Wildman–Crippen MR) is 88.1 cm³/mol. The van der Waals surface area contributed by atoms with Crippen molar-refractivity contribution >= 4 is 11.6 Å². The number of rotatable bonds is 3. The van der Waals surface area contributed by atoms with Crippen molar-refractivity contribution in [1.82, 2.24) is 19.7 Å². The second kappa shape index (κ2) is 6.19. The van der Waals surface area contributed by atoms with E-state index >= 15 is 0 Å². The lowest BCUT2D eigenvalue weighted by molar-refractivity contribution is 0.102. The second-order valence-corrected chi connectivity index (χ2v) is 5.50. The Morgan fingerprint density at radius 2 is 1.96 bits per heavy atom. The Bertz CT molecular complexity index is 899. The zero-order valence-electron chi connectivity index (χ0n) is 13.5. The van der Waals surface area contributed by atoms with Crippen LogP contribution >= 0.6 is 0 Å². The number of amides is 1. The van der Waals surface area contributed by atoms with Crippen molar-refractivity contribution in [2.75, 3.05) is 5.32 Å². The normalized spacial score (nSPS) is 10.7. The molecule has 0 atom stereocenters. The van der Waals surface area contributed by atoms with E-state index in [0.717, 1.165) is 23.0 Å². The first-order valence-electron chi connectivity index (χ1n) is 7.34. The fourth-order valence-corrected chi connectivity index (χ4v) is 2.43. The molecule has 0 aliphatic rings. The van der Waals surface area contributed by atoms with Gasteiger partial charge < -0.3 is 5.32 Å². The van der Waals surface area contributed by atoms with Gasteiger partial charge in [0.25, 0.3) is 5.91 Å². The number of hydrogen-bond acceptors (Lipinski definition) is 4. The number of carbonyl (C=O) groups is 1. The highest BCUT2D eigenvalue weighted by molar-refractivity contribution is 6.04. The molecule has 6 nitrogen and oxygen atoms in total. The summed E-state index contributed by atoms with van der Waals surface area (Å²) in [6.45, 7) is 3.63. The van der Waals surface area contributed by atoms with Gasteiger partial charge in [0.05, 0.1) is 17.6 Å². The molecular formula is C17H16FN5O. The second-order valence-electron chi connectivity index (χ2n) is 5.50. The van der Waals surface area contributed by atoms with Gasteiger partial charge in [0.2, 0.25) is 0 Å². The maximum atomic E-state index is 13.8. The Labute approximate surface area is 138 Å². The lowest BCUT2D eigenvalue weighted by atomic mass is 10.1. The van der Waals surface area contributed by atoms with Gasteiger partial charge in [-0.2, -0.15) is 5.10 Å². The summed E-state index contributed by atoms with van der Waals surface area (Å²) in [5.74, 6) is -1.06. The van der Waals surface area contributed by atoms with E-state index in [1.54, 1.807) is 37.1 Å². The Morgan fingerprint density at radius 1 is 1.17 bits per heavy atom. The molecule has 0 fully saturated rings. The fraction of sp³-hybridized carbons (Fsp3) is 0.176. The first-order chi connectivity index (χ1) is 11.5. The number of nitrogens with zero attached hydrogens (tertiary/aromatic N) is 4. The van der Waals surface area contributed by atoms with E-state index in [1.807, 2.05) is 13.0 Å². The summed E-state index contributed by atoms with van der Waals surface area (Å²) in [6.07, 6.45) is 5.98. The van der Waals surface area contributed by atoms with Crippen LogP contribution in [0.4, 0.5) is 10.1 Å². The number of pyridine rings is 2. The third-order valence-corrected chi connectivity index (χ3v) is 3.76. The highest BCUT2D eigenvalue weighted by Gasteiger charge is 2.17.